The molecule has 0 radical (unpaired) electrons. The van der Waals surface area contributed by atoms with Crippen LogP contribution in [0.4, 0.5) is 5.82 Å². The largest absolute Gasteiger partial charge is 0.303 e. The van der Waals surface area contributed by atoms with Crippen LogP contribution in [0.5, 0.6) is 0 Å². The van der Waals surface area contributed by atoms with Crippen molar-refractivity contribution < 1.29 is 0 Å². The molecule has 1 aliphatic rings. The molecule has 15 heavy (non-hydrogen) atoms. The first-order valence-corrected chi connectivity index (χ1v) is 5.43. The van der Waals surface area contributed by atoms with Crippen molar-refractivity contribution in [2.75, 3.05) is 19.5 Å². The molecule has 1 aliphatic carbocycles. The Kier molecular flexibility index (Phi) is 2.80. The molecule has 5 heteroatoms. The van der Waals surface area contributed by atoms with Crippen LogP contribution in [0.1, 0.15) is 30.1 Å². The van der Waals surface area contributed by atoms with Crippen molar-refractivity contribution in [3.63, 3.8) is 0 Å². The van der Waals surface area contributed by atoms with Crippen molar-refractivity contribution >= 4 is 17.4 Å². The molecule has 1 aromatic rings. The normalized spacial score (nSPS) is 15.8. The average Bonchev–Trinajstić information content (AvgIpc) is 2.94. The standard InChI is InChI=1S/C10H15ClN4/c1-6-8(11)12-10(7-4-5-7)13-9(6)14-15(2)3/h7H,4-5H2,1-3H3,(H,12,13,14). The molecule has 0 aliphatic heterocycles. The molecule has 4 nitrogen and oxygen atoms in total. The maximum absolute atomic E-state index is 6.06. The Morgan fingerprint density at radius 2 is 2.00 bits per heavy atom. The third kappa shape index (κ3) is 2.38. The lowest BCUT2D eigenvalue weighted by atomic mass is 10.3. The van der Waals surface area contributed by atoms with Crippen LogP contribution in [-0.2, 0) is 0 Å². The lowest BCUT2D eigenvalue weighted by molar-refractivity contribution is 0.491. The monoisotopic (exact) mass is 226 g/mol. The maximum atomic E-state index is 6.06. The number of aromatic nitrogens is 2. The van der Waals surface area contributed by atoms with Gasteiger partial charge in [0.2, 0.25) is 0 Å². The summed E-state index contributed by atoms with van der Waals surface area (Å²) in [6, 6.07) is 0. The second kappa shape index (κ2) is 3.94. The second-order valence-electron chi connectivity index (χ2n) is 4.13. The number of anilines is 1. The van der Waals surface area contributed by atoms with Gasteiger partial charge in [-0.25, -0.2) is 15.0 Å². The van der Waals surface area contributed by atoms with E-state index >= 15 is 0 Å². The zero-order chi connectivity index (χ0) is 11.0. The van der Waals surface area contributed by atoms with Crippen LogP contribution < -0.4 is 5.43 Å². The van der Waals surface area contributed by atoms with Crippen molar-refractivity contribution in [2.24, 2.45) is 0 Å². The first-order chi connectivity index (χ1) is 7.08. The van der Waals surface area contributed by atoms with Gasteiger partial charge in [0.05, 0.1) is 0 Å². The van der Waals surface area contributed by atoms with Gasteiger partial charge in [0, 0.05) is 25.6 Å². The molecule has 0 spiro atoms. The fourth-order valence-electron chi connectivity index (χ4n) is 1.35. The van der Waals surface area contributed by atoms with Crippen LogP contribution >= 0.6 is 11.6 Å². The molecule has 0 atom stereocenters. The van der Waals surface area contributed by atoms with E-state index in [1.54, 1.807) is 0 Å². The van der Waals surface area contributed by atoms with E-state index < -0.39 is 0 Å². The Hall–Kier alpha value is -0.870. The molecule has 0 amide bonds. The molecule has 0 bridgehead atoms. The molecular weight excluding hydrogens is 212 g/mol. The van der Waals surface area contributed by atoms with E-state index in [4.69, 9.17) is 11.6 Å². The number of hydrogen-bond donors (Lipinski definition) is 1. The summed E-state index contributed by atoms with van der Waals surface area (Å²) in [6.07, 6.45) is 2.36. The zero-order valence-electron chi connectivity index (χ0n) is 9.21. The van der Waals surface area contributed by atoms with Crippen molar-refractivity contribution in [2.45, 2.75) is 25.7 Å². The Labute approximate surface area is 94.6 Å². The van der Waals surface area contributed by atoms with Gasteiger partial charge in [-0.15, -0.1) is 0 Å². The first kappa shape index (κ1) is 10.6. The smallest absolute Gasteiger partial charge is 0.148 e. The van der Waals surface area contributed by atoms with E-state index in [1.807, 2.05) is 26.0 Å². The molecule has 2 rings (SSSR count). The van der Waals surface area contributed by atoms with Gasteiger partial charge in [-0.1, -0.05) is 11.6 Å². The van der Waals surface area contributed by atoms with Gasteiger partial charge >= 0.3 is 0 Å². The summed E-state index contributed by atoms with van der Waals surface area (Å²) in [5, 5.41) is 2.40. The number of nitrogens with zero attached hydrogens (tertiary/aromatic N) is 3. The predicted octanol–water partition coefficient (Wildman–Crippen LogP) is 2.20. The van der Waals surface area contributed by atoms with Crippen molar-refractivity contribution in [3.8, 4) is 0 Å². The van der Waals surface area contributed by atoms with E-state index in [9.17, 15) is 0 Å². The number of hydrogen-bond acceptors (Lipinski definition) is 4. The molecule has 1 saturated carbocycles. The molecular formula is C10H15ClN4. The highest BCUT2D eigenvalue weighted by molar-refractivity contribution is 6.30. The Morgan fingerprint density at radius 1 is 1.33 bits per heavy atom. The van der Waals surface area contributed by atoms with Gasteiger partial charge in [0.1, 0.15) is 16.8 Å². The minimum absolute atomic E-state index is 0.519. The zero-order valence-corrected chi connectivity index (χ0v) is 9.97. The number of rotatable bonds is 3. The van der Waals surface area contributed by atoms with Gasteiger partial charge in [0.25, 0.3) is 0 Å². The Bertz CT molecular complexity index is 374. The minimum Gasteiger partial charge on any atom is -0.303 e. The van der Waals surface area contributed by atoms with Crippen LogP contribution in [0, 0.1) is 6.92 Å². The highest BCUT2D eigenvalue weighted by atomic mass is 35.5. The number of halogens is 1. The fraction of sp³-hybridized carbons (Fsp3) is 0.600. The third-order valence-corrected chi connectivity index (χ3v) is 2.74. The SMILES string of the molecule is Cc1c(Cl)nc(C2CC2)nc1NN(C)C. The van der Waals surface area contributed by atoms with E-state index in [0.29, 0.717) is 11.1 Å². The van der Waals surface area contributed by atoms with Gasteiger partial charge in [0.15, 0.2) is 0 Å². The first-order valence-electron chi connectivity index (χ1n) is 5.06. The van der Waals surface area contributed by atoms with Crippen LogP contribution in [0.2, 0.25) is 5.15 Å². The third-order valence-electron chi connectivity index (χ3n) is 2.38. The van der Waals surface area contributed by atoms with E-state index in [1.165, 1.54) is 12.8 Å². The van der Waals surface area contributed by atoms with E-state index in [2.05, 4.69) is 15.4 Å². The Balaban J connectivity index is 2.33. The molecule has 1 fully saturated rings. The molecule has 0 saturated heterocycles. The molecule has 1 aromatic heterocycles. The van der Waals surface area contributed by atoms with Gasteiger partial charge in [-0.05, 0) is 19.8 Å². The summed E-state index contributed by atoms with van der Waals surface area (Å²) in [7, 11) is 3.85. The highest BCUT2D eigenvalue weighted by Gasteiger charge is 2.28. The molecule has 82 valence electrons. The number of hydrazine groups is 1. The summed E-state index contributed by atoms with van der Waals surface area (Å²) in [4.78, 5) is 8.79. The topological polar surface area (TPSA) is 41.1 Å². The molecule has 0 unspecified atom stereocenters. The van der Waals surface area contributed by atoms with E-state index in [0.717, 1.165) is 17.2 Å². The van der Waals surface area contributed by atoms with Crippen LogP contribution in [0.3, 0.4) is 0 Å². The van der Waals surface area contributed by atoms with Crippen LogP contribution in [-0.4, -0.2) is 29.1 Å². The van der Waals surface area contributed by atoms with E-state index in [-0.39, 0.29) is 0 Å². The van der Waals surface area contributed by atoms with Gasteiger partial charge in [-0.2, -0.15) is 0 Å². The maximum Gasteiger partial charge on any atom is 0.148 e. The minimum atomic E-state index is 0.519. The summed E-state index contributed by atoms with van der Waals surface area (Å²) in [5.41, 5.74) is 4.03. The molecule has 1 heterocycles. The van der Waals surface area contributed by atoms with Crippen molar-refractivity contribution in [3.05, 3.63) is 16.5 Å². The lowest BCUT2D eigenvalue weighted by Crippen LogP contribution is -2.21. The van der Waals surface area contributed by atoms with Gasteiger partial charge in [-0.3, -0.25) is 0 Å². The van der Waals surface area contributed by atoms with Crippen LogP contribution in [0.15, 0.2) is 0 Å². The second-order valence-corrected chi connectivity index (χ2v) is 4.48. The molecule has 0 aromatic carbocycles. The summed E-state index contributed by atoms with van der Waals surface area (Å²) >= 11 is 6.06. The van der Waals surface area contributed by atoms with Gasteiger partial charge < -0.3 is 5.43 Å². The summed E-state index contributed by atoms with van der Waals surface area (Å²) < 4.78 is 0. The van der Waals surface area contributed by atoms with Crippen molar-refractivity contribution in [1.29, 1.82) is 0 Å². The van der Waals surface area contributed by atoms with Crippen molar-refractivity contribution in [1.82, 2.24) is 15.0 Å². The fourth-order valence-corrected chi connectivity index (χ4v) is 1.53. The quantitative estimate of drug-likeness (QED) is 0.634. The number of nitrogens with one attached hydrogen (secondary N) is 1. The summed E-state index contributed by atoms with van der Waals surface area (Å²) in [5.74, 6) is 2.20. The summed E-state index contributed by atoms with van der Waals surface area (Å²) in [6.45, 7) is 1.92. The highest BCUT2D eigenvalue weighted by Crippen LogP contribution is 2.39. The predicted molar refractivity (Wildman–Crippen MR) is 61.1 cm³/mol. The Morgan fingerprint density at radius 3 is 2.53 bits per heavy atom. The average molecular weight is 227 g/mol. The molecule has 1 N–H and O–H groups in total. The van der Waals surface area contributed by atoms with Crippen LogP contribution in [0.25, 0.3) is 0 Å². The lowest BCUT2D eigenvalue weighted by Gasteiger charge is -2.15.